The van der Waals surface area contributed by atoms with Crippen LogP contribution >= 0.6 is 0 Å². The van der Waals surface area contributed by atoms with Crippen LogP contribution in [-0.2, 0) is 20.7 Å². The van der Waals surface area contributed by atoms with Gasteiger partial charge in [0.05, 0.1) is 5.92 Å². The third-order valence-corrected chi connectivity index (χ3v) is 7.29. The zero-order chi connectivity index (χ0) is 25.2. The summed E-state index contributed by atoms with van der Waals surface area (Å²) < 4.78 is 11.7. The van der Waals surface area contributed by atoms with Crippen LogP contribution in [0.1, 0.15) is 64.9 Å². The highest BCUT2D eigenvalue weighted by Crippen LogP contribution is 2.38. The van der Waals surface area contributed by atoms with E-state index in [1.807, 2.05) is 29.2 Å². The van der Waals surface area contributed by atoms with Crippen LogP contribution in [-0.4, -0.2) is 70.3 Å². The van der Waals surface area contributed by atoms with Gasteiger partial charge in [0.25, 0.3) is 0 Å². The van der Waals surface area contributed by atoms with E-state index in [2.05, 4.69) is 0 Å². The van der Waals surface area contributed by atoms with Gasteiger partial charge in [-0.1, -0.05) is 31.0 Å². The minimum atomic E-state index is -1.02. The standard InChI is InChI=1S/C27H38N2O6/c1-27(2,3)35-26(33)29-15-9-8-14-28(17-20-16-19-12-6-7-13-21(19)34-20)23(25(31)32)22(24(29)30)18-10-4-5-11-18/h6-7,12-13,18,20,22-23H,4-5,8-11,14-17H2,1-3H3,(H,31,32). The van der Waals surface area contributed by atoms with Gasteiger partial charge in [0.2, 0.25) is 5.91 Å². The molecule has 2 fully saturated rings. The third kappa shape index (κ3) is 5.97. The predicted molar refractivity (Wildman–Crippen MR) is 130 cm³/mol. The fourth-order valence-electron chi connectivity index (χ4n) is 5.78. The molecule has 192 valence electrons. The molecule has 8 heteroatoms. The molecule has 3 atom stereocenters. The second kappa shape index (κ2) is 10.6. The molecule has 0 radical (unpaired) electrons. The smallest absolute Gasteiger partial charge is 0.417 e. The third-order valence-electron chi connectivity index (χ3n) is 7.29. The second-order valence-corrected chi connectivity index (χ2v) is 11.1. The first-order valence-corrected chi connectivity index (χ1v) is 12.9. The Morgan fingerprint density at radius 1 is 1.09 bits per heavy atom. The average molecular weight is 487 g/mol. The van der Waals surface area contributed by atoms with E-state index in [1.54, 1.807) is 20.8 Å². The van der Waals surface area contributed by atoms with Crippen molar-refractivity contribution in [1.29, 1.82) is 0 Å². The number of hydrogen-bond acceptors (Lipinski definition) is 6. The van der Waals surface area contributed by atoms with Crippen LogP contribution in [0.3, 0.4) is 0 Å². The quantitative estimate of drug-likeness (QED) is 0.684. The number of ether oxygens (including phenoxy) is 2. The molecule has 8 nitrogen and oxygen atoms in total. The number of rotatable bonds is 4. The highest BCUT2D eigenvalue weighted by atomic mass is 16.6. The maximum absolute atomic E-state index is 13.9. The number of fused-ring (bicyclic) bond motifs is 1. The Hall–Kier alpha value is -2.61. The zero-order valence-electron chi connectivity index (χ0n) is 21.1. The molecule has 35 heavy (non-hydrogen) atoms. The van der Waals surface area contributed by atoms with E-state index in [1.165, 1.54) is 4.90 Å². The molecule has 2 amide bonds. The van der Waals surface area contributed by atoms with Crippen molar-refractivity contribution >= 4 is 18.0 Å². The van der Waals surface area contributed by atoms with Crippen molar-refractivity contribution in [2.75, 3.05) is 19.6 Å². The van der Waals surface area contributed by atoms with Gasteiger partial charge in [-0.15, -0.1) is 0 Å². The summed E-state index contributed by atoms with van der Waals surface area (Å²) in [5, 5.41) is 10.5. The van der Waals surface area contributed by atoms with Crippen molar-refractivity contribution in [1.82, 2.24) is 9.80 Å². The molecule has 0 aromatic heterocycles. The Bertz CT molecular complexity index is 911. The Balaban J connectivity index is 1.62. The van der Waals surface area contributed by atoms with Crippen molar-refractivity contribution in [3.63, 3.8) is 0 Å². The summed E-state index contributed by atoms with van der Waals surface area (Å²) in [7, 11) is 0. The molecule has 2 aliphatic heterocycles. The van der Waals surface area contributed by atoms with E-state index < -0.39 is 35.5 Å². The zero-order valence-corrected chi connectivity index (χ0v) is 21.1. The number of imide groups is 1. The van der Waals surface area contributed by atoms with Gasteiger partial charge in [-0.2, -0.15) is 0 Å². The number of nitrogens with zero attached hydrogens (tertiary/aromatic N) is 2. The summed E-state index contributed by atoms with van der Waals surface area (Å²) >= 11 is 0. The van der Waals surface area contributed by atoms with E-state index in [9.17, 15) is 19.5 Å². The minimum Gasteiger partial charge on any atom is -0.488 e. The lowest BCUT2D eigenvalue weighted by Crippen LogP contribution is -2.56. The van der Waals surface area contributed by atoms with Crippen LogP contribution in [0.4, 0.5) is 4.79 Å². The molecule has 1 aromatic carbocycles. The minimum absolute atomic E-state index is 0.0733. The van der Waals surface area contributed by atoms with E-state index in [-0.39, 0.29) is 18.6 Å². The van der Waals surface area contributed by atoms with Crippen molar-refractivity contribution in [3.05, 3.63) is 29.8 Å². The number of carboxylic acids is 1. The number of benzene rings is 1. The van der Waals surface area contributed by atoms with Gasteiger partial charge in [-0.25, -0.2) is 9.69 Å². The largest absolute Gasteiger partial charge is 0.488 e. The molecule has 1 aliphatic carbocycles. The Morgan fingerprint density at radius 3 is 2.43 bits per heavy atom. The lowest BCUT2D eigenvalue weighted by Gasteiger charge is -2.38. The molecule has 1 aromatic rings. The van der Waals surface area contributed by atoms with E-state index in [4.69, 9.17) is 9.47 Å². The Kier molecular flexibility index (Phi) is 7.69. The topological polar surface area (TPSA) is 96.4 Å². The first-order valence-electron chi connectivity index (χ1n) is 12.9. The number of carboxylic acid groups (broad SMARTS) is 1. The summed E-state index contributed by atoms with van der Waals surface area (Å²) in [6, 6.07) is 6.87. The van der Waals surface area contributed by atoms with E-state index in [0.29, 0.717) is 32.4 Å². The molecule has 2 heterocycles. The SMILES string of the molecule is CC(C)(C)OC(=O)N1CCCCN(CC2Cc3ccccc3O2)C(C(=O)O)C(C2CCCC2)C1=O. The molecule has 0 bridgehead atoms. The van der Waals surface area contributed by atoms with Crippen molar-refractivity contribution in [2.45, 2.75) is 83.5 Å². The highest BCUT2D eigenvalue weighted by molar-refractivity contribution is 5.96. The number of para-hydroxylation sites is 1. The summed E-state index contributed by atoms with van der Waals surface area (Å²) in [4.78, 5) is 42.9. The number of amides is 2. The molecule has 1 saturated heterocycles. The average Bonchev–Trinajstić information content (AvgIpc) is 3.44. The molecule has 0 spiro atoms. The molecule has 3 aliphatic rings. The fraction of sp³-hybridized carbons (Fsp3) is 0.667. The van der Waals surface area contributed by atoms with Gasteiger partial charge in [-0.05, 0) is 70.5 Å². The van der Waals surface area contributed by atoms with Crippen molar-refractivity contribution in [2.24, 2.45) is 11.8 Å². The number of carbonyl (C=O) groups is 3. The molecular formula is C27H38N2O6. The molecule has 3 unspecified atom stereocenters. The fourth-order valence-corrected chi connectivity index (χ4v) is 5.78. The van der Waals surface area contributed by atoms with E-state index in [0.717, 1.165) is 37.0 Å². The van der Waals surface area contributed by atoms with Crippen molar-refractivity contribution in [3.8, 4) is 5.75 Å². The lowest BCUT2D eigenvalue weighted by atomic mass is 9.82. The van der Waals surface area contributed by atoms with Crippen LogP contribution in [0.25, 0.3) is 0 Å². The maximum atomic E-state index is 13.9. The first-order chi connectivity index (χ1) is 16.6. The van der Waals surface area contributed by atoms with E-state index >= 15 is 0 Å². The molecule has 1 N–H and O–H groups in total. The van der Waals surface area contributed by atoms with Gasteiger partial charge in [0.15, 0.2) is 0 Å². The normalized spacial score (nSPS) is 26.4. The second-order valence-electron chi connectivity index (χ2n) is 11.1. The number of aliphatic carboxylic acids is 1. The summed E-state index contributed by atoms with van der Waals surface area (Å²) in [5.74, 6) is -1.47. The summed E-state index contributed by atoms with van der Waals surface area (Å²) in [6.45, 7) is 6.49. The van der Waals surface area contributed by atoms with Crippen LogP contribution in [0.5, 0.6) is 5.75 Å². The van der Waals surface area contributed by atoms with Crippen LogP contribution in [0.15, 0.2) is 24.3 Å². The van der Waals surface area contributed by atoms with Gasteiger partial charge < -0.3 is 14.6 Å². The van der Waals surface area contributed by atoms with Gasteiger partial charge in [-0.3, -0.25) is 14.5 Å². The van der Waals surface area contributed by atoms with Crippen LogP contribution in [0, 0.1) is 11.8 Å². The van der Waals surface area contributed by atoms with Gasteiger partial charge >= 0.3 is 12.1 Å². The van der Waals surface area contributed by atoms with Crippen LogP contribution < -0.4 is 4.74 Å². The molecular weight excluding hydrogens is 448 g/mol. The monoisotopic (exact) mass is 486 g/mol. The lowest BCUT2D eigenvalue weighted by molar-refractivity contribution is -0.154. The summed E-state index contributed by atoms with van der Waals surface area (Å²) in [5.41, 5.74) is 0.374. The van der Waals surface area contributed by atoms with Gasteiger partial charge in [0.1, 0.15) is 23.5 Å². The Morgan fingerprint density at radius 2 is 1.77 bits per heavy atom. The predicted octanol–water partition coefficient (Wildman–Crippen LogP) is 4.11. The Labute approximate surface area is 207 Å². The van der Waals surface area contributed by atoms with Gasteiger partial charge in [0, 0.05) is 19.5 Å². The number of carbonyl (C=O) groups excluding carboxylic acids is 2. The van der Waals surface area contributed by atoms with Crippen LogP contribution in [0.2, 0.25) is 0 Å². The molecule has 4 rings (SSSR count). The number of hydrogen-bond donors (Lipinski definition) is 1. The molecule has 1 saturated carbocycles. The maximum Gasteiger partial charge on any atom is 0.417 e. The van der Waals surface area contributed by atoms with Crippen molar-refractivity contribution < 1.29 is 29.0 Å². The first kappa shape index (κ1) is 25.5. The summed E-state index contributed by atoms with van der Waals surface area (Å²) in [6.07, 6.45) is 4.65. The highest BCUT2D eigenvalue weighted by Gasteiger charge is 2.48.